The Hall–Kier alpha value is -1.36. The monoisotopic (exact) mass is 321 g/mol. The first-order valence-corrected chi connectivity index (χ1v) is 9.02. The zero-order valence-electron chi connectivity index (χ0n) is 14.4. The van der Waals surface area contributed by atoms with Gasteiger partial charge in [-0.1, -0.05) is 18.9 Å². The van der Waals surface area contributed by atoms with Crippen LogP contribution in [0.25, 0.3) is 0 Å². The second kappa shape index (κ2) is 9.06. The number of carbonyl (C=O) groups is 2. The number of hydrogen-bond acceptors (Lipinski definition) is 3. The maximum atomic E-state index is 12.1. The quantitative estimate of drug-likeness (QED) is 0.703. The summed E-state index contributed by atoms with van der Waals surface area (Å²) < 4.78 is 0. The number of likely N-dealkylation sites (tertiary alicyclic amines) is 1. The van der Waals surface area contributed by atoms with Crippen molar-refractivity contribution in [3.63, 3.8) is 0 Å². The molecule has 0 bridgehead atoms. The summed E-state index contributed by atoms with van der Waals surface area (Å²) in [5, 5.41) is 6.03. The van der Waals surface area contributed by atoms with E-state index < -0.39 is 0 Å². The van der Waals surface area contributed by atoms with Crippen molar-refractivity contribution in [3.8, 4) is 0 Å². The van der Waals surface area contributed by atoms with Gasteiger partial charge in [-0.25, -0.2) is 0 Å². The molecule has 0 aromatic carbocycles. The van der Waals surface area contributed by atoms with Crippen molar-refractivity contribution < 1.29 is 9.59 Å². The molecule has 5 nitrogen and oxygen atoms in total. The molecule has 1 saturated heterocycles. The average Bonchev–Trinajstić information content (AvgIpc) is 3.05. The highest BCUT2D eigenvalue weighted by Crippen LogP contribution is 2.27. The van der Waals surface area contributed by atoms with Crippen LogP contribution in [0.5, 0.6) is 0 Å². The van der Waals surface area contributed by atoms with E-state index in [9.17, 15) is 9.59 Å². The number of hydrogen-bond donors (Lipinski definition) is 2. The van der Waals surface area contributed by atoms with Gasteiger partial charge in [0.25, 0.3) is 0 Å². The molecular weight excluding hydrogens is 290 g/mol. The van der Waals surface area contributed by atoms with Crippen LogP contribution in [-0.4, -0.2) is 48.4 Å². The van der Waals surface area contributed by atoms with Gasteiger partial charge in [0.15, 0.2) is 0 Å². The molecule has 2 rings (SSSR count). The second-order valence-electron chi connectivity index (χ2n) is 6.94. The molecule has 2 amide bonds. The van der Waals surface area contributed by atoms with E-state index >= 15 is 0 Å². The molecule has 23 heavy (non-hydrogen) atoms. The predicted molar refractivity (Wildman–Crippen MR) is 92.0 cm³/mol. The van der Waals surface area contributed by atoms with Crippen LogP contribution in [-0.2, 0) is 9.59 Å². The van der Waals surface area contributed by atoms with Crippen molar-refractivity contribution in [1.29, 1.82) is 0 Å². The fourth-order valence-corrected chi connectivity index (χ4v) is 3.68. The smallest absolute Gasteiger partial charge is 0.237 e. The number of amides is 2. The number of rotatable bonds is 7. The minimum absolute atomic E-state index is 0.0496. The molecule has 2 aliphatic rings. The Kier molecular flexibility index (Phi) is 7.09. The van der Waals surface area contributed by atoms with Crippen LogP contribution in [0, 0.1) is 5.92 Å². The maximum Gasteiger partial charge on any atom is 0.237 e. The summed E-state index contributed by atoms with van der Waals surface area (Å²) >= 11 is 0. The molecular formula is C18H31N3O2. The van der Waals surface area contributed by atoms with Crippen LogP contribution in [0.1, 0.15) is 51.9 Å². The minimum Gasteiger partial charge on any atom is -0.353 e. The third-order valence-corrected chi connectivity index (χ3v) is 5.19. The molecule has 2 N–H and O–H groups in total. The van der Waals surface area contributed by atoms with Crippen molar-refractivity contribution in [2.24, 2.45) is 5.92 Å². The van der Waals surface area contributed by atoms with Crippen molar-refractivity contribution in [2.45, 2.75) is 64.0 Å². The van der Waals surface area contributed by atoms with Gasteiger partial charge in [-0.05, 0) is 38.5 Å². The lowest BCUT2D eigenvalue weighted by Crippen LogP contribution is -2.51. The number of piperidine rings is 1. The summed E-state index contributed by atoms with van der Waals surface area (Å²) in [7, 11) is 0. The summed E-state index contributed by atoms with van der Waals surface area (Å²) in [6, 6.07) is 0.147. The summed E-state index contributed by atoms with van der Waals surface area (Å²) in [6.45, 7) is 7.78. The lowest BCUT2D eigenvalue weighted by molar-refractivity contribution is -0.127. The van der Waals surface area contributed by atoms with Crippen LogP contribution >= 0.6 is 0 Å². The van der Waals surface area contributed by atoms with Crippen LogP contribution in [0.4, 0.5) is 0 Å². The highest BCUT2D eigenvalue weighted by Gasteiger charge is 2.27. The lowest BCUT2D eigenvalue weighted by atomic mass is 10.0. The maximum absolute atomic E-state index is 12.1. The predicted octanol–water partition coefficient (Wildman–Crippen LogP) is 1.84. The summed E-state index contributed by atoms with van der Waals surface area (Å²) in [5.74, 6) is 0.865. The molecule has 0 aromatic heterocycles. The van der Waals surface area contributed by atoms with E-state index in [0.29, 0.717) is 18.9 Å². The molecule has 0 aromatic rings. The van der Waals surface area contributed by atoms with E-state index in [1.807, 2.05) is 6.92 Å². The van der Waals surface area contributed by atoms with E-state index in [4.69, 9.17) is 0 Å². The van der Waals surface area contributed by atoms with Gasteiger partial charge in [0, 0.05) is 32.1 Å². The average molecular weight is 321 g/mol. The van der Waals surface area contributed by atoms with E-state index in [-0.39, 0.29) is 23.9 Å². The molecule has 1 aliphatic carbocycles. The van der Waals surface area contributed by atoms with Gasteiger partial charge < -0.3 is 10.6 Å². The molecule has 1 atom stereocenters. The minimum atomic E-state index is -0.120. The molecule has 1 unspecified atom stereocenters. The van der Waals surface area contributed by atoms with Crippen LogP contribution in [0.3, 0.4) is 0 Å². The summed E-state index contributed by atoms with van der Waals surface area (Å²) in [5.41, 5.74) is 0. The van der Waals surface area contributed by atoms with Gasteiger partial charge in [0.05, 0.1) is 6.04 Å². The SMILES string of the molecule is C=CCNC(=O)C(C)N1CCC(NC(=O)CC2CCCC2)CC1. The Morgan fingerprint density at radius 2 is 1.87 bits per heavy atom. The van der Waals surface area contributed by atoms with Crippen molar-refractivity contribution in [3.05, 3.63) is 12.7 Å². The first kappa shape index (κ1) is 18.0. The molecule has 1 heterocycles. The van der Waals surface area contributed by atoms with Gasteiger partial charge in [-0.3, -0.25) is 14.5 Å². The van der Waals surface area contributed by atoms with Gasteiger partial charge in [0.1, 0.15) is 0 Å². The zero-order valence-corrected chi connectivity index (χ0v) is 14.4. The number of nitrogens with zero attached hydrogens (tertiary/aromatic N) is 1. The van der Waals surface area contributed by atoms with E-state index in [0.717, 1.165) is 25.9 Å². The van der Waals surface area contributed by atoms with E-state index in [2.05, 4.69) is 22.1 Å². The molecule has 0 radical (unpaired) electrons. The fourth-order valence-electron chi connectivity index (χ4n) is 3.68. The highest BCUT2D eigenvalue weighted by atomic mass is 16.2. The zero-order chi connectivity index (χ0) is 16.7. The van der Waals surface area contributed by atoms with Gasteiger partial charge in [-0.15, -0.1) is 6.58 Å². The van der Waals surface area contributed by atoms with Crippen LogP contribution < -0.4 is 10.6 Å². The van der Waals surface area contributed by atoms with Crippen LogP contribution in [0.2, 0.25) is 0 Å². The summed E-state index contributed by atoms with van der Waals surface area (Å²) in [4.78, 5) is 26.3. The molecule has 1 saturated carbocycles. The lowest BCUT2D eigenvalue weighted by Gasteiger charge is -2.35. The molecule has 130 valence electrons. The van der Waals surface area contributed by atoms with Gasteiger partial charge >= 0.3 is 0 Å². The number of carbonyl (C=O) groups excluding carboxylic acids is 2. The molecule has 0 spiro atoms. The third-order valence-electron chi connectivity index (χ3n) is 5.19. The standard InChI is InChI=1S/C18H31N3O2/c1-3-10-19-18(23)14(2)21-11-8-16(9-12-21)20-17(22)13-15-6-4-5-7-15/h3,14-16H,1,4-13H2,2H3,(H,19,23)(H,20,22). The Bertz CT molecular complexity index is 410. The number of nitrogens with one attached hydrogen (secondary N) is 2. The Balaban J connectivity index is 1.67. The third kappa shape index (κ3) is 5.65. The van der Waals surface area contributed by atoms with E-state index in [1.165, 1.54) is 25.7 Å². The molecule has 1 aliphatic heterocycles. The summed E-state index contributed by atoms with van der Waals surface area (Å²) in [6.07, 6.45) is 9.22. The second-order valence-corrected chi connectivity index (χ2v) is 6.94. The van der Waals surface area contributed by atoms with Crippen LogP contribution in [0.15, 0.2) is 12.7 Å². The van der Waals surface area contributed by atoms with Gasteiger partial charge in [0.2, 0.25) is 11.8 Å². The first-order chi connectivity index (χ1) is 11.1. The Morgan fingerprint density at radius 3 is 2.48 bits per heavy atom. The van der Waals surface area contributed by atoms with Crippen molar-refractivity contribution >= 4 is 11.8 Å². The van der Waals surface area contributed by atoms with Gasteiger partial charge in [-0.2, -0.15) is 0 Å². The largest absolute Gasteiger partial charge is 0.353 e. The topological polar surface area (TPSA) is 61.4 Å². The Morgan fingerprint density at radius 1 is 1.22 bits per heavy atom. The Labute approximate surface area is 139 Å². The van der Waals surface area contributed by atoms with E-state index in [1.54, 1.807) is 6.08 Å². The van der Waals surface area contributed by atoms with Crippen molar-refractivity contribution in [2.75, 3.05) is 19.6 Å². The molecule has 5 heteroatoms. The normalized spacial score (nSPS) is 21.8. The highest BCUT2D eigenvalue weighted by molar-refractivity contribution is 5.81. The van der Waals surface area contributed by atoms with Crippen molar-refractivity contribution in [1.82, 2.24) is 15.5 Å². The molecule has 2 fully saturated rings. The first-order valence-electron chi connectivity index (χ1n) is 9.02. The fraction of sp³-hybridized carbons (Fsp3) is 0.778.